The molecule has 0 saturated carbocycles. The fraction of sp³-hybridized carbons (Fsp3) is 0.278. The fourth-order valence-corrected chi connectivity index (χ4v) is 2.24. The number of hydrogen-bond donors (Lipinski definition) is 0. The van der Waals surface area contributed by atoms with E-state index in [9.17, 15) is 13.6 Å². The van der Waals surface area contributed by atoms with E-state index < -0.39 is 5.82 Å². The minimum atomic E-state index is -0.481. The van der Waals surface area contributed by atoms with Crippen LogP contribution in [0.3, 0.4) is 0 Å². The lowest BCUT2D eigenvalue weighted by atomic mass is 10.0. The third-order valence-corrected chi connectivity index (χ3v) is 3.62. The summed E-state index contributed by atoms with van der Waals surface area (Å²) >= 11 is 0. The van der Waals surface area contributed by atoms with Crippen LogP contribution in [-0.4, -0.2) is 25.1 Å². The maximum absolute atomic E-state index is 13.5. The molecule has 2 aromatic rings. The molecule has 120 valence electrons. The van der Waals surface area contributed by atoms with Crippen LogP contribution in [0.1, 0.15) is 22.3 Å². The Morgan fingerprint density at radius 3 is 2.52 bits per heavy atom. The van der Waals surface area contributed by atoms with Crippen LogP contribution in [0.15, 0.2) is 42.5 Å². The molecule has 1 saturated heterocycles. The summed E-state index contributed by atoms with van der Waals surface area (Å²) in [5, 5.41) is 0. The van der Waals surface area contributed by atoms with Gasteiger partial charge in [0.15, 0.2) is 5.78 Å². The molecule has 5 heteroatoms. The molecular formula is C18H16F2O3. The Hall–Kier alpha value is -2.27. The van der Waals surface area contributed by atoms with Crippen LogP contribution in [0.4, 0.5) is 8.78 Å². The number of aryl methyl sites for hydroxylation is 1. The zero-order chi connectivity index (χ0) is 16.2. The molecule has 0 spiro atoms. The summed E-state index contributed by atoms with van der Waals surface area (Å²) in [4.78, 5) is 12.4. The molecule has 0 amide bonds. The number of carbonyl (C=O) groups excluding carboxylic acids is 1. The Morgan fingerprint density at radius 2 is 1.83 bits per heavy atom. The van der Waals surface area contributed by atoms with Gasteiger partial charge in [-0.25, -0.2) is 8.78 Å². The van der Waals surface area contributed by atoms with Crippen molar-refractivity contribution in [2.75, 3.05) is 13.2 Å². The Kier molecular flexibility index (Phi) is 4.67. The van der Waals surface area contributed by atoms with Crippen LogP contribution in [0.25, 0.3) is 0 Å². The van der Waals surface area contributed by atoms with Gasteiger partial charge in [-0.3, -0.25) is 4.79 Å². The van der Waals surface area contributed by atoms with E-state index >= 15 is 0 Å². The summed E-state index contributed by atoms with van der Waals surface area (Å²) < 4.78 is 36.9. The summed E-state index contributed by atoms with van der Waals surface area (Å²) in [7, 11) is 0. The van der Waals surface area contributed by atoms with Gasteiger partial charge in [-0.2, -0.15) is 0 Å². The molecule has 0 N–H and O–H groups in total. The standard InChI is InChI=1S/C18H16F2O3/c19-13-4-1-12(2-5-13)3-7-17(21)16-9-14(20)6-8-18(16)23-11-15-10-22-15/h1-2,4-6,8-9,15H,3,7,10-11H2. The quantitative estimate of drug-likeness (QED) is 0.579. The predicted octanol–water partition coefficient (Wildman–Crippen LogP) is 3.56. The number of Topliss-reactive ketones (excluding diaryl/α,β-unsaturated/α-hetero) is 1. The third-order valence-electron chi connectivity index (χ3n) is 3.62. The Morgan fingerprint density at radius 1 is 1.13 bits per heavy atom. The van der Waals surface area contributed by atoms with Crippen molar-refractivity contribution in [2.45, 2.75) is 18.9 Å². The molecule has 1 aliphatic heterocycles. The van der Waals surface area contributed by atoms with Gasteiger partial charge in [-0.05, 0) is 42.3 Å². The molecule has 0 radical (unpaired) electrons. The zero-order valence-electron chi connectivity index (χ0n) is 12.4. The highest BCUT2D eigenvalue weighted by atomic mass is 19.1. The first-order valence-corrected chi connectivity index (χ1v) is 7.43. The number of carbonyl (C=O) groups is 1. The topological polar surface area (TPSA) is 38.8 Å². The number of epoxide rings is 1. The largest absolute Gasteiger partial charge is 0.490 e. The summed E-state index contributed by atoms with van der Waals surface area (Å²) in [6.45, 7) is 0.999. The molecule has 3 rings (SSSR count). The van der Waals surface area contributed by atoms with E-state index in [4.69, 9.17) is 9.47 Å². The van der Waals surface area contributed by atoms with Gasteiger partial charge in [0.1, 0.15) is 30.1 Å². The number of hydrogen-bond acceptors (Lipinski definition) is 3. The first kappa shape index (κ1) is 15.6. The number of rotatable bonds is 7. The summed E-state index contributed by atoms with van der Waals surface area (Å²) in [6.07, 6.45) is 0.717. The number of halogens is 2. The van der Waals surface area contributed by atoms with Crippen LogP contribution in [-0.2, 0) is 11.2 Å². The predicted molar refractivity (Wildman–Crippen MR) is 80.7 cm³/mol. The van der Waals surface area contributed by atoms with E-state index in [0.29, 0.717) is 25.4 Å². The molecule has 2 aromatic carbocycles. The van der Waals surface area contributed by atoms with Crippen molar-refractivity contribution in [2.24, 2.45) is 0 Å². The van der Waals surface area contributed by atoms with Crippen molar-refractivity contribution in [3.63, 3.8) is 0 Å². The summed E-state index contributed by atoms with van der Waals surface area (Å²) in [5.74, 6) is -0.639. The van der Waals surface area contributed by atoms with Gasteiger partial charge in [-0.15, -0.1) is 0 Å². The molecular weight excluding hydrogens is 302 g/mol. The minimum absolute atomic E-state index is 0.0576. The molecule has 1 aliphatic rings. The van der Waals surface area contributed by atoms with Crippen LogP contribution in [0.5, 0.6) is 5.75 Å². The maximum Gasteiger partial charge on any atom is 0.167 e. The van der Waals surface area contributed by atoms with Gasteiger partial charge < -0.3 is 9.47 Å². The van der Waals surface area contributed by atoms with Crippen LogP contribution < -0.4 is 4.74 Å². The van der Waals surface area contributed by atoms with Gasteiger partial charge in [0.05, 0.1) is 12.2 Å². The van der Waals surface area contributed by atoms with Crippen molar-refractivity contribution < 1.29 is 23.0 Å². The first-order chi connectivity index (χ1) is 11.1. The highest BCUT2D eigenvalue weighted by Crippen LogP contribution is 2.23. The van der Waals surface area contributed by atoms with E-state index in [1.165, 1.54) is 30.3 Å². The molecule has 1 unspecified atom stereocenters. The van der Waals surface area contributed by atoms with Gasteiger partial charge in [0.2, 0.25) is 0 Å². The number of benzene rings is 2. The average molecular weight is 318 g/mol. The smallest absolute Gasteiger partial charge is 0.167 e. The number of ketones is 1. The van der Waals surface area contributed by atoms with E-state index in [-0.39, 0.29) is 29.7 Å². The number of ether oxygens (including phenoxy) is 2. The second-order valence-electron chi connectivity index (χ2n) is 5.46. The van der Waals surface area contributed by atoms with E-state index in [0.717, 1.165) is 5.56 Å². The Bertz CT molecular complexity index is 694. The summed E-state index contributed by atoms with van der Waals surface area (Å²) in [6, 6.07) is 9.89. The van der Waals surface area contributed by atoms with Crippen molar-refractivity contribution in [1.82, 2.24) is 0 Å². The molecule has 0 aromatic heterocycles. The lowest BCUT2D eigenvalue weighted by Crippen LogP contribution is -2.09. The maximum atomic E-state index is 13.5. The third kappa shape index (κ3) is 4.36. The van der Waals surface area contributed by atoms with Gasteiger partial charge in [0, 0.05) is 6.42 Å². The molecule has 1 heterocycles. The molecule has 0 aliphatic carbocycles. The second kappa shape index (κ2) is 6.87. The minimum Gasteiger partial charge on any atom is -0.490 e. The fourth-order valence-electron chi connectivity index (χ4n) is 2.24. The van der Waals surface area contributed by atoms with Gasteiger partial charge in [0.25, 0.3) is 0 Å². The normalized spacial score (nSPS) is 16.2. The summed E-state index contributed by atoms with van der Waals surface area (Å²) in [5.41, 5.74) is 1.08. The molecule has 23 heavy (non-hydrogen) atoms. The van der Waals surface area contributed by atoms with E-state index in [1.807, 2.05) is 0 Å². The van der Waals surface area contributed by atoms with Crippen LogP contribution >= 0.6 is 0 Å². The zero-order valence-corrected chi connectivity index (χ0v) is 12.4. The molecule has 1 atom stereocenters. The second-order valence-corrected chi connectivity index (χ2v) is 5.46. The molecule has 3 nitrogen and oxygen atoms in total. The van der Waals surface area contributed by atoms with E-state index in [2.05, 4.69) is 0 Å². The monoisotopic (exact) mass is 318 g/mol. The first-order valence-electron chi connectivity index (χ1n) is 7.43. The molecule has 0 bridgehead atoms. The Balaban J connectivity index is 1.67. The average Bonchev–Trinajstić information content (AvgIpc) is 3.37. The van der Waals surface area contributed by atoms with Crippen molar-refractivity contribution in [1.29, 1.82) is 0 Å². The van der Waals surface area contributed by atoms with Gasteiger partial charge >= 0.3 is 0 Å². The van der Waals surface area contributed by atoms with Gasteiger partial charge in [-0.1, -0.05) is 12.1 Å². The van der Waals surface area contributed by atoms with Crippen molar-refractivity contribution in [3.8, 4) is 5.75 Å². The highest BCUT2D eigenvalue weighted by molar-refractivity contribution is 5.98. The van der Waals surface area contributed by atoms with E-state index in [1.54, 1.807) is 12.1 Å². The van der Waals surface area contributed by atoms with Crippen molar-refractivity contribution in [3.05, 3.63) is 65.2 Å². The lowest BCUT2D eigenvalue weighted by Gasteiger charge is -2.10. The van der Waals surface area contributed by atoms with Crippen LogP contribution in [0.2, 0.25) is 0 Å². The Labute approximate surface area is 132 Å². The molecule has 1 fully saturated rings. The SMILES string of the molecule is O=C(CCc1ccc(F)cc1)c1cc(F)ccc1OCC1CO1. The lowest BCUT2D eigenvalue weighted by molar-refractivity contribution is 0.0977. The van der Waals surface area contributed by atoms with Crippen LogP contribution in [0, 0.1) is 11.6 Å². The highest BCUT2D eigenvalue weighted by Gasteiger charge is 2.24. The van der Waals surface area contributed by atoms with Crippen molar-refractivity contribution >= 4 is 5.78 Å².